The van der Waals surface area contributed by atoms with Crippen LogP contribution in [0, 0.1) is 16.7 Å². The lowest BCUT2D eigenvalue weighted by atomic mass is 9.70. The van der Waals surface area contributed by atoms with Gasteiger partial charge in [0.25, 0.3) is 0 Å². The van der Waals surface area contributed by atoms with E-state index in [1.54, 1.807) is 0 Å². The number of halogens is 1. The molecule has 0 aromatic carbocycles. The second-order valence-corrected chi connectivity index (χ2v) is 4.94. The normalized spacial score (nSPS) is 49.0. The monoisotopic (exact) mass is 200 g/mol. The number of Topliss-reactive ketones (excluding diaryl/α,β-unsaturated/α-hetero) is 2. The maximum Gasteiger partial charge on any atom is 0.205 e. The van der Waals surface area contributed by atoms with E-state index in [1.165, 1.54) is 0 Å². The molecule has 3 unspecified atom stereocenters. The Hall–Kier alpha value is -0.370. The lowest BCUT2D eigenvalue weighted by Crippen LogP contribution is -2.36. The van der Waals surface area contributed by atoms with Gasteiger partial charge in [-0.1, -0.05) is 13.8 Å². The number of carbonyl (C=O) groups is 2. The Balaban J connectivity index is 2.55. The quantitative estimate of drug-likeness (QED) is 0.478. The minimum Gasteiger partial charge on any atom is -0.291 e. The van der Waals surface area contributed by atoms with Gasteiger partial charge in [0.15, 0.2) is 0 Å². The van der Waals surface area contributed by atoms with Crippen LogP contribution in [-0.2, 0) is 9.59 Å². The maximum absolute atomic E-state index is 11.7. The number of carbonyl (C=O) groups excluding carboxylic acids is 2. The standard InChI is InChI=1S/C10H13ClO2/c1-9-4-3-6(7(12)8(9)13)10(9,2)5-11/h6H,3-5H2,1-2H3. The molecule has 0 radical (unpaired) electrons. The van der Waals surface area contributed by atoms with Gasteiger partial charge in [0.1, 0.15) is 0 Å². The molecule has 13 heavy (non-hydrogen) atoms. The number of hydrogen-bond acceptors (Lipinski definition) is 2. The van der Waals surface area contributed by atoms with Crippen LogP contribution in [0.4, 0.5) is 0 Å². The van der Waals surface area contributed by atoms with Gasteiger partial charge in [-0.2, -0.15) is 0 Å². The van der Waals surface area contributed by atoms with Gasteiger partial charge in [-0.3, -0.25) is 9.59 Å². The van der Waals surface area contributed by atoms with Gasteiger partial charge in [-0.25, -0.2) is 0 Å². The molecule has 0 spiro atoms. The fourth-order valence-electron chi connectivity index (χ4n) is 2.89. The predicted molar refractivity (Wildman–Crippen MR) is 49.7 cm³/mol. The van der Waals surface area contributed by atoms with Gasteiger partial charge in [0.2, 0.25) is 11.6 Å². The molecule has 2 nitrogen and oxygen atoms in total. The minimum atomic E-state index is -0.476. The highest BCUT2D eigenvalue weighted by atomic mass is 35.5. The Kier molecular flexibility index (Phi) is 1.66. The Morgan fingerprint density at radius 3 is 2.38 bits per heavy atom. The number of hydrogen-bond donors (Lipinski definition) is 0. The minimum absolute atomic E-state index is 0.109. The molecule has 3 atom stereocenters. The molecule has 72 valence electrons. The van der Waals surface area contributed by atoms with Gasteiger partial charge in [0.05, 0.1) is 0 Å². The van der Waals surface area contributed by atoms with E-state index in [9.17, 15) is 9.59 Å². The summed E-state index contributed by atoms with van der Waals surface area (Å²) in [7, 11) is 0. The van der Waals surface area contributed by atoms with Crippen LogP contribution in [0.2, 0.25) is 0 Å². The van der Waals surface area contributed by atoms with Crippen LogP contribution in [0.5, 0.6) is 0 Å². The molecule has 2 aliphatic rings. The summed E-state index contributed by atoms with van der Waals surface area (Å²) in [6.45, 7) is 3.86. The van der Waals surface area contributed by atoms with Crippen LogP contribution >= 0.6 is 11.6 Å². The molecule has 2 rings (SSSR count). The first-order valence-corrected chi connectivity index (χ1v) is 5.15. The average Bonchev–Trinajstić information content (AvgIpc) is 2.44. The summed E-state index contributed by atoms with van der Waals surface area (Å²) < 4.78 is 0. The predicted octanol–water partition coefficient (Wildman–Crippen LogP) is 1.80. The third-order valence-electron chi connectivity index (χ3n) is 4.28. The van der Waals surface area contributed by atoms with Crippen molar-refractivity contribution in [2.24, 2.45) is 16.7 Å². The molecule has 0 heterocycles. The molecular formula is C10H13ClO2. The third kappa shape index (κ3) is 0.762. The number of fused-ring (bicyclic) bond motifs is 2. The first-order valence-electron chi connectivity index (χ1n) is 4.62. The molecule has 0 saturated heterocycles. The second kappa shape index (κ2) is 2.35. The third-order valence-corrected chi connectivity index (χ3v) is 4.84. The second-order valence-electron chi connectivity index (χ2n) is 4.67. The summed E-state index contributed by atoms with van der Waals surface area (Å²) in [4.78, 5) is 23.2. The molecule has 0 amide bonds. The molecule has 2 bridgehead atoms. The van der Waals surface area contributed by atoms with E-state index >= 15 is 0 Å². The summed E-state index contributed by atoms with van der Waals surface area (Å²) in [6, 6.07) is 0. The van der Waals surface area contributed by atoms with Crippen LogP contribution in [0.3, 0.4) is 0 Å². The zero-order valence-electron chi connectivity index (χ0n) is 7.89. The Morgan fingerprint density at radius 2 is 2.08 bits per heavy atom. The van der Waals surface area contributed by atoms with E-state index < -0.39 is 5.41 Å². The molecule has 0 aliphatic heterocycles. The van der Waals surface area contributed by atoms with E-state index in [0.29, 0.717) is 5.88 Å². The fourth-order valence-corrected chi connectivity index (χ4v) is 3.37. The van der Waals surface area contributed by atoms with Crippen molar-refractivity contribution in [3.05, 3.63) is 0 Å². The van der Waals surface area contributed by atoms with Crippen molar-refractivity contribution in [2.45, 2.75) is 26.7 Å². The topological polar surface area (TPSA) is 34.1 Å². The molecule has 2 saturated carbocycles. The summed E-state index contributed by atoms with van der Waals surface area (Å²) in [5.41, 5.74) is -0.765. The van der Waals surface area contributed by atoms with Crippen LogP contribution in [0.25, 0.3) is 0 Å². The summed E-state index contributed by atoms with van der Waals surface area (Å²) >= 11 is 5.89. The first kappa shape index (κ1) is 9.20. The molecule has 2 aliphatic carbocycles. The zero-order valence-corrected chi connectivity index (χ0v) is 8.65. The largest absolute Gasteiger partial charge is 0.291 e. The SMILES string of the molecule is CC12CCC(C(=O)C1=O)C2(C)CCl. The van der Waals surface area contributed by atoms with Crippen LogP contribution < -0.4 is 0 Å². The number of rotatable bonds is 1. The Labute approximate surface area is 82.6 Å². The highest BCUT2D eigenvalue weighted by Crippen LogP contribution is 2.62. The molecule has 0 aromatic rings. The van der Waals surface area contributed by atoms with E-state index in [0.717, 1.165) is 12.8 Å². The fraction of sp³-hybridized carbons (Fsp3) is 0.800. The van der Waals surface area contributed by atoms with Crippen molar-refractivity contribution in [3.63, 3.8) is 0 Å². The zero-order chi connectivity index (χ0) is 9.85. The van der Waals surface area contributed by atoms with E-state index in [-0.39, 0.29) is 22.9 Å². The summed E-state index contributed by atoms with van der Waals surface area (Å²) in [6.07, 6.45) is 1.66. The molecule has 3 heteroatoms. The maximum atomic E-state index is 11.7. The van der Waals surface area contributed by atoms with Crippen molar-refractivity contribution in [1.82, 2.24) is 0 Å². The lowest BCUT2D eigenvalue weighted by molar-refractivity contribution is -0.141. The van der Waals surface area contributed by atoms with Gasteiger partial charge in [0, 0.05) is 22.6 Å². The van der Waals surface area contributed by atoms with E-state index in [4.69, 9.17) is 11.6 Å². The van der Waals surface area contributed by atoms with Crippen LogP contribution in [0.1, 0.15) is 26.7 Å². The van der Waals surface area contributed by atoms with Crippen molar-refractivity contribution in [2.75, 3.05) is 5.88 Å². The number of alkyl halides is 1. The lowest BCUT2D eigenvalue weighted by Gasteiger charge is -2.33. The molecule has 2 fully saturated rings. The van der Waals surface area contributed by atoms with Crippen molar-refractivity contribution in [1.29, 1.82) is 0 Å². The smallest absolute Gasteiger partial charge is 0.205 e. The number of ketones is 2. The van der Waals surface area contributed by atoms with Gasteiger partial charge < -0.3 is 0 Å². The highest BCUT2D eigenvalue weighted by Gasteiger charge is 2.68. The summed E-state index contributed by atoms with van der Waals surface area (Å²) in [5, 5.41) is 0. The van der Waals surface area contributed by atoms with Crippen molar-refractivity contribution < 1.29 is 9.59 Å². The molecular weight excluding hydrogens is 188 g/mol. The molecule has 0 aromatic heterocycles. The van der Waals surface area contributed by atoms with Gasteiger partial charge in [-0.15, -0.1) is 11.6 Å². The Bertz CT molecular complexity index is 299. The van der Waals surface area contributed by atoms with Crippen molar-refractivity contribution in [3.8, 4) is 0 Å². The van der Waals surface area contributed by atoms with Crippen molar-refractivity contribution >= 4 is 23.2 Å². The van der Waals surface area contributed by atoms with E-state index in [2.05, 4.69) is 0 Å². The molecule has 0 N–H and O–H groups in total. The van der Waals surface area contributed by atoms with Crippen LogP contribution in [0.15, 0.2) is 0 Å². The van der Waals surface area contributed by atoms with Crippen LogP contribution in [-0.4, -0.2) is 17.4 Å². The van der Waals surface area contributed by atoms with Gasteiger partial charge in [-0.05, 0) is 12.8 Å². The highest BCUT2D eigenvalue weighted by molar-refractivity contribution is 6.43. The first-order chi connectivity index (χ1) is 5.97. The van der Waals surface area contributed by atoms with Gasteiger partial charge >= 0.3 is 0 Å². The van der Waals surface area contributed by atoms with E-state index in [1.807, 2.05) is 13.8 Å². The average molecular weight is 201 g/mol. The Morgan fingerprint density at radius 1 is 1.46 bits per heavy atom. The summed E-state index contributed by atoms with van der Waals surface area (Å²) in [5.74, 6) is -0.0719.